The number of nitrogens with zero attached hydrogens (tertiary/aromatic N) is 1. The van der Waals surface area contributed by atoms with E-state index in [1.54, 1.807) is 5.57 Å². The van der Waals surface area contributed by atoms with Crippen molar-refractivity contribution in [1.82, 2.24) is 4.98 Å². The minimum atomic E-state index is -0.168. The van der Waals surface area contributed by atoms with E-state index in [0.29, 0.717) is 17.8 Å². The molecular formula is C24H29NO2. The van der Waals surface area contributed by atoms with E-state index in [-0.39, 0.29) is 22.7 Å². The summed E-state index contributed by atoms with van der Waals surface area (Å²) >= 11 is 0. The van der Waals surface area contributed by atoms with Crippen LogP contribution >= 0.6 is 0 Å². The smallest absolute Gasteiger partial charge is 0.103 e. The molecule has 1 saturated heterocycles. The second-order valence-corrected chi connectivity index (χ2v) is 10.1. The zero-order valence-corrected chi connectivity index (χ0v) is 16.3. The van der Waals surface area contributed by atoms with Crippen LogP contribution in [0.2, 0.25) is 0 Å². The second-order valence-electron chi connectivity index (χ2n) is 10.1. The van der Waals surface area contributed by atoms with Crippen molar-refractivity contribution in [3.05, 3.63) is 47.8 Å². The molecule has 1 aromatic heterocycles. The number of pyridine rings is 1. The van der Waals surface area contributed by atoms with Crippen LogP contribution in [0.1, 0.15) is 57.9 Å². The summed E-state index contributed by atoms with van der Waals surface area (Å²) in [5, 5.41) is 10.3. The second kappa shape index (κ2) is 5.12. The third-order valence-electron chi connectivity index (χ3n) is 8.86. The highest BCUT2D eigenvalue weighted by Crippen LogP contribution is 2.72. The Balaban J connectivity index is 1.36. The maximum Gasteiger partial charge on any atom is 0.103 e. The molecule has 2 heterocycles. The molecule has 1 N–H and O–H groups in total. The summed E-state index contributed by atoms with van der Waals surface area (Å²) in [7, 11) is 0. The lowest BCUT2D eigenvalue weighted by molar-refractivity contribution is -0.00790. The highest BCUT2D eigenvalue weighted by atomic mass is 16.6. The molecule has 4 unspecified atom stereocenters. The van der Waals surface area contributed by atoms with Crippen molar-refractivity contribution in [2.45, 2.75) is 69.7 Å². The zero-order valence-electron chi connectivity index (χ0n) is 16.3. The number of aliphatic hydroxyl groups excluding tert-OH is 1. The summed E-state index contributed by atoms with van der Waals surface area (Å²) in [6.45, 7) is 4.76. The maximum atomic E-state index is 10.3. The molecule has 4 fully saturated rings. The molecule has 0 amide bonds. The van der Waals surface area contributed by atoms with E-state index in [1.165, 1.54) is 24.0 Å². The van der Waals surface area contributed by atoms with Gasteiger partial charge in [0.15, 0.2) is 0 Å². The fourth-order valence-electron chi connectivity index (χ4n) is 7.58. The Labute approximate surface area is 161 Å². The van der Waals surface area contributed by atoms with Crippen molar-refractivity contribution in [2.24, 2.45) is 23.2 Å². The monoisotopic (exact) mass is 363 g/mol. The fraction of sp³-hybridized carbons (Fsp3) is 0.625. The summed E-state index contributed by atoms with van der Waals surface area (Å²) in [4.78, 5) is 4.36. The van der Waals surface area contributed by atoms with Crippen molar-refractivity contribution in [2.75, 3.05) is 0 Å². The Morgan fingerprint density at radius 1 is 1.15 bits per heavy atom. The van der Waals surface area contributed by atoms with E-state index < -0.39 is 0 Å². The lowest BCUT2D eigenvalue weighted by Gasteiger charge is -2.53. The summed E-state index contributed by atoms with van der Waals surface area (Å²) in [6, 6.07) is 4.25. The quantitative estimate of drug-likeness (QED) is 0.746. The van der Waals surface area contributed by atoms with Crippen LogP contribution in [0.3, 0.4) is 0 Å². The van der Waals surface area contributed by atoms with E-state index in [2.05, 4.69) is 37.0 Å². The molecule has 27 heavy (non-hydrogen) atoms. The number of ether oxygens (including phenoxy) is 1. The average molecular weight is 364 g/mol. The number of allylic oxidation sites excluding steroid dienone is 4. The fourth-order valence-corrected chi connectivity index (χ4v) is 7.58. The largest absolute Gasteiger partial charge is 0.393 e. The van der Waals surface area contributed by atoms with E-state index in [9.17, 15) is 5.11 Å². The first-order valence-electron chi connectivity index (χ1n) is 10.7. The number of fused-ring (bicyclic) bond motifs is 4. The van der Waals surface area contributed by atoms with Gasteiger partial charge in [-0.15, -0.1) is 0 Å². The Morgan fingerprint density at radius 3 is 2.85 bits per heavy atom. The molecule has 5 aliphatic rings. The van der Waals surface area contributed by atoms with Gasteiger partial charge < -0.3 is 9.84 Å². The number of hydrogen-bond acceptors (Lipinski definition) is 3. The molecule has 0 aromatic carbocycles. The normalized spacial score (nSPS) is 49.9. The summed E-state index contributed by atoms with van der Waals surface area (Å²) in [5.74, 6) is 1.96. The van der Waals surface area contributed by atoms with Crippen LogP contribution in [-0.2, 0) is 4.74 Å². The van der Waals surface area contributed by atoms with Crippen LogP contribution in [0.4, 0.5) is 0 Å². The number of epoxide rings is 1. The van der Waals surface area contributed by atoms with Gasteiger partial charge in [-0.05, 0) is 74.0 Å². The van der Waals surface area contributed by atoms with Crippen molar-refractivity contribution < 1.29 is 9.84 Å². The minimum Gasteiger partial charge on any atom is -0.393 e. The molecular weight excluding hydrogens is 334 g/mol. The van der Waals surface area contributed by atoms with E-state index in [1.807, 2.05) is 18.5 Å². The van der Waals surface area contributed by atoms with Crippen molar-refractivity contribution in [3.8, 4) is 0 Å². The molecule has 1 aromatic rings. The molecule has 0 bridgehead atoms. The first kappa shape index (κ1) is 16.5. The minimum absolute atomic E-state index is 0.0294. The Kier molecular flexibility index (Phi) is 3.13. The summed E-state index contributed by atoms with van der Waals surface area (Å²) in [6.07, 6.45) is 15.0. The lowest BCUT2D eigenvalue weighted by Crippen LogP contribution is -2.53. The van der Waals surface area contributed by atoms with Crippen LogP contribution in [0.25, 0.3) is 5.57 Å². The van der Waals surface area contributed by atoms with Crippen LogP contribution in [-0.4, -0.2) is 27.4 Å². The Morgan fingerprint density at radius 2 is 2.04 bits per heavy atom. The first-order chi connectivity index (χ1) is 13.0. The number of rotatable bonds is 1. The molecule has 3 nitrogen and oxygen atoms in total. The van der Waals surface area contributed by atoms with E-state index in [0.717, 1.165) is 25.7 Å². The number of aromatic nitrogens is 1. The van der Waals surface area contributed by atoms with Crippen LogP contribution in [0.15, 0.2) is 42.3 Å². The zero-order chi connectivity index (χ0) is 18.4. The predicted molar refractivity (Wildman–Crippen MR) is 105 cm³/mol. The Hall–Kier alpha value is -1.45. The molecule has 1 aliphatic heterocycles. The van der Waals surface area contributed by atoms with Gasteiger partial charge in [-0.3, -0.25) is 4.98 Å². The van der Waals surface area contributed by atoms with Gasteiger partial charge in [0, 0.05) is 24.2 Å². The van der Waals surface area contributed by atoms with E-state index >= 15 is 0 Å². The molecule has 0 radical (unpaired) electrons. The molecule has 1 spiro atoms. The van der Waals surface area contributed by atoms with Gasteiger partial charge >= 0.3 is 0 Å². The highest BCUT2D eigenvalue weighted by molar-refractivity contribution is 5.78. The lowest BCUT2D eigenvalue weighted by atomic mass is 9.49. The summed E-state index contributed by atoms with van der Waals surface area (Å²) < 4.78 is 6.50. The average Bonchev–Trinajstić information content (AvgIpc) is 3.06. The van der Waals surface area contributed by atoms with Crippen molar-refractivity contribution in [3.63, 3.8) is 0 Å². The highest BCUT2D eigenvalue weighted by Gasteiger charge is 2.76. The molecule has 6 rings (SSSR count). The predicted octanol–water partition coefficient (Wildman–Crippen LogP) is 4.53. The molecule has 3 heteroatoms. The maximum absolute atomic E-state index is 10.3. The molecule has 3 saturated carbocycles. The standard InChI is InChI=1S/C24H29NO2/c1-22-10-9-17-18(20(22)8-7-19(22)15-4-3-11-25-14-15)13-23(2)24(27-23)12-16(26)5-6-21(17)24/h3-4,7-8,11,14,16-18,21,26H,5-6,9-10,12-13H2,1-2H3/t16-,17?,18?,21+,22+,23?,24?/m0/s1. The van der Waals surface area contributed by atoms with Crippen LogP contribution in [0, 0.1) is 23.2 Å². The third-order valence-corrected chi connectivity index (χ3v) is 8.86. The molecule has 7 atom stereocenters. The molecule has 4 aliphatic carbocycles. The van der Waals surface area contributed by atoms with Gasteiger partial charge in [0.25, 0.3) is 0 Å². The van der Waals surface area contributed by atoms with Crippen LogP contribution < -0.4 is 0 Å². The van der Waals surface area contributed by atoms with Gasteiger partial charge in [0.05, 0.1) is 11.7 Å². The van der Waals surface area contributed by atoms with Gasteiger partial charge in [-0.1, -0.05) is 30.7 Å². The van der Waals surface area contributed by atoms with E-state index in [4.69, 9.17) is 4.74 Å². The topological polar surface area (TPSA) is 45.7 Å². The summed E-state index contributed by atoms with van der Waals surface area (Å²) in [5.41, 5.74) is 4.43. The SMILES string of the molecule is CC12CC3C4=CC=C(c5cccnc5)[C@@]4(C)CCC3[C@H]3CC[C@H](O)CC31O2. The molecule has 142 valence electrons. The van der Waals surface area contributed by atoms with Crippen molar-refractivity contribution in [1.29, 1.82) is 0 Å². The first-order valence-corrected chi connectivity index (χ1v) is 10.7. The van der Waals surface area contributed by atoms with Crippen LogP contribution in [0.5, 0.6) is 0 Å². The van der Waals surface area contributed by atoms with Gasteiger partial charge in [-0.25, -0.2) is 0 Å². The number of hydrogen-bond donors (Lipinski definition) is 1. The van der Waals surface area contributed by atoms with Gasteiger partial charge in [0.1, 0.15) is 5.60 Å². The third kappa shape index (κ3) is 1.97. The Bertz CT molecular complexity index is 860. The van der Waals surface area contributed by atoms with Gasteiger partial charge in [0.2, 0.25) is 0 Å². The van der Waals surface area contributed by atoms with Crippen molar-refractivity contribution >= 4 is 5.57 Å². The number of aliphatic hydroxyl groups is 1. The van der Waals surface area contributed by atoms with Gasteiger partial charge in [-0.2, -0.15) is 0 Å².